The van der Waals surface area contributed by atoms with Crippen molar-refractivity contribution < 1.29 is 29.1 Å². The lowest BCUT2D eigenvalue weighted by Gasteiger charge is -2.19. The lowest BCUT2D eigenvalue weighted by Crippen LogP contribution is -2.35. The number of carbonyl (C=O) groups is 3. The van der Waals surface area contributed by atoms with Gasteiger partial charge in [-0.3, -0.25) is 9.63 Å². The summed E-state index contributed by atoms with van der Waals surface area (Å²) in [5.41, 5.74) is 2.45. The van der Waals surface area contributed by atoms with Gasteiger partial charge in [0, 0.05) is 25.7 Å². The van der Waals surface area contributed by atoms with E-state index in [2.05, 4.69) is 15.5 Å². The molecule has 0 saturated carbocycles. The number of benzene rings is 1. The van der Waals surface area contributed by atoms with Crippen LogP contribution in [0.25, 0.3) is 0 Å². The van der Waals surface area contributed by atoms with E-state index >= 15 is 0 Å². The van der Waals surface area contributed by atoms with Crippen molar-refractivity contribution in [1.82, 2.24) is 21.0 Å². The molecule has 1 unspecified atom stereocenters. The molecule has 2 bridgehead atoms. The van der Waals surface area contributed by atoms with E-state index in [9.17, 15) is 14.4 Å². The molecule has 10 nitrogen and oxygen atoms in total. The number of carbonyl (C=O) groups excluding carboxylic acids is 3. The number of aliphatic hydroxyl groups is 1. The van der Waals surface area contributed by atoms with Gasteiger partial charge in [0.05, 0.1) is 13.2 Å². The molecule has 2 aliphatic rings. The molecule has 2 fully saturated rings. The highest BCUT2D eigenvalue weighted by Gasteiger charge is 2.31. The number of amides is 4. The molecule has 10 heteroatoms. The van der Waals surface area contributed by atoms with Crippen LogP contribution >= 0.6 is 0 Å². The summed E-state index contributed by atoms with van der Waals surface area (Å²) in [6.07, 6.45) is 2.24. The van der Waals surface area contributed by atoms with E-state index in [0.29, 0.717) is 12.5 Å². The van der Waals surface area contributed by atoms with Gasteiger partial charge in [0.15, 0.2) is 0 Å². The Balaban J connectivity index is 0.000000243. The molecule has 2 heterocycles. The molecule has 1 aromatic rings. The molecule has 4 amide bonds. The van der Waals surface area contributed by atoms with Crippen molar-refractivity contribution in [3.8, 4) is 0 Å². The fourth-order valence-electron chi connectivity index (χ4n) is 2.74. The fourth-order valence-corrected chi connectivity index (χ4v) is 2.74. The number of urea groups is 1. The number of hydrogen-bond acceptors (Lipinski definition) is 6. The third-order valence-corrected chi connectivity index (χ3v) is 4.07. The lowest BCUT2D eigenvalue weighted by molar-refractivity contribution is -0.120. The highest BCUT2D eigenvalue weighted by atomic mass is 16.6. The first-order valence-electron chi connectivity index (χ1n) is 10.2. The first-order chi connectivity index (χ1) is 14.7. The molecule has 31 heavy (non-hydrogen) atoms. The zero-order chi connectivity index (χ0) is 23.1. The van der Waals surface area contributed by atoms with Crippen LogP contribution < -0.4 is 16.1 Å². The molecule has 174 valence electrons. The second-order valence-corrected chi connectivity index (χ2v) is 7.89. The Morgan fingerprint density at radius 1 is 1.32 bits per heavy atom. The molecule has 4 N–H and O–H groups in total. The Hall–Kier alpha value is -2.85. The van der Waals surface area contributed by atoms with Gasteiger partial charge in [-0.15, -0.1) is 0 Å². The van der Waals surface area contributed by atoms with Crippen LogP contribution in [0.5, 0.6) is 0 Å². The monoisotopic (exact) mass is 438 g/mol. The quantitative estimate of drug-likeness (QED) is 0.303. The summed E-state index contributed by atoms with van der Waals surface area (Å²) in [5.74, 6) is 0. The average Bonchev–Trinajstić information content (AvgIpc) is 2.99. The highest BCUT2D eigenvalue weighted by molar-refractivity contribution is 5.77. The van der Waals surface area contributed by atoms with Crippen LogP contribution in [0, 0.1) is 0 Å². The molecule has 2 saturated heterocycles. The minimum absolute atomic E-state index is 0.137. The van der Waals surface area contributed by atoms with Crippen molar-refractivity contribution in [2.75, 3.05) is 26.2 Å². The van der Waals surface area contributed by atoms with Crippen molar-refractivity contribution in [2.24, 2.45) is 0 Å². The summed E-state index contributed by atoms with van der Waals surface area (Å²) in [5, 5.41) is 13.9. The predicted molar refractivity (Wildman–Crippen MR) is 115 cm³/mol. The standard InChI is InChI=1S/C8H16N2O4.C7H8O.C6H10N2O/c1-8(2,3)14-7(12)9-4-5-13-10-6-11;8-6-7-4-2-1-3-5-7;9-6-7-5-2-1-3-8(6)4-5/h6H,4-5H2,1-3H3,(H,9,12)(H,10,11);1-5,8H,6H2;5H,1-4H2,(H,7,9). The van der Waals surface area contributed by atoms with Crippen LogP contribution in [-0.2, 0) is 21.0 Å². The average molecular weight is 439 g/mol. The Kier molecular flexibility index (Phi) is 12.0. The number of aliphatic hydroxyl groups excluding tert-OH is 1. The summed E-state index contributed by atoms with van der Waals surface area (Å²) >= 11 is 0. The predicted octanol–water partition coefficient (Wildman–Crippen LogP) is 1.54. The largest absolute Gasteiger partial charge is 0.444 e. The van der Waals surface area contributed by atoms with Crippen LogP contribution in [0.4, 0.5) is 9.59 Å². The summed E-state index contributed by atoms with van der Waals surface area (Å²) in [4.78, 5) is 38.1. The number of nitrogens with one attached hydrogen (secondary N) is 3. The molecule has 0 aliphatic carbocycles. The number of nitrogens with zero attached hydrogens (tertiary/aromatic N) is 1. The SMILES string of the molecule is CC(C)(C)OC(=O)NCCONC=O.O=C1NC2CCCN1C2.OCc1ccccc1. The van der Waals surface area contributed by atoms with Gasteiger partial charge in [-0.25, -0.2) is 15.1 Å². The maximum absolute atomic E-state index is 11.0. The van der Waals surface area contributed by atoms with Crippen LogP contribution in [0.1, 0.15) is 39.2 Å². The van der Waals surface area contributed by atoms with Gasteiger partial charge in [0.25, 0.3) is 0 Å². The molecular formula is C21H34N4O6. The summed E-state index contributed by atoms with van der Waals surface area (Å²) in [7, 11) is 0. The topological polar surface area (TPSA) is 129 Å². The number of alkyl carbamates (subject to hydrolysis) is 1. The summed E-state index contributed by atoms with van der Waals surface area (Å²) in [6, 6.07) is 10.1. The van der Waals surface area contributed by atoms with Crippen molar-refractivity contribution in [2.45, 2.75) is 51.9 Å². The van der Waals surface area contributed by atoms with Crippen molar-refractivity contribution in [3.05, 3.63) is 35.9 Å². The van der Waals surface area contributed by atoms with E-state index in [1.807, 2.05) is 40.7 Å². The molecule has 0 aromatic heterocycles. The third-order valence-electron chi connectivity index (χ3n) is 4.07. The Morgan fingerprint density at radius 2 is 2.03 bits per heavy atom. The second kappa shape index (κ2) is 14.2. The van der Waals surface area contributed by atoms with E-state index in [4.69, 9.17) is 9.84 Å². The smallest absolute Gasteiger partial charge is 0.407 e. The van der Waals surface area contributed by atoms with E-state index in [-0.39, 0.29) is 25.8 Å². The molecule has 1 aromatic carbocycles. The lowest BCUT2D eigenvalue weighted by atomic mass is 10.1. The van der Waals surface area contributed by atoms with Gasteiger partial charge < -0.3 is 25.4 Å². The number of hydroxylamine groups is 1. The maximum atomic E-state index is 11.0. The summed E-state index contributed by atoms with van der Waals surface area (Å²) < 4.78 is 4.95. The van der Waals surface area contributed by atoms with E-state index < -0.39 is 11.7 Å². The van der Waals surface area contributed by atoms with Gasteiger partial charge in [0.1, 0.15) is 5.60 Å². The number of ether oxygens (including phenoxy) is 1. The van der Waals surface area contributed by atoms with Gasteiger partial charge >= 0.3 is 12.1 Å². The van der Waals surface area contributed by atoms with E-state index in [0.717, 1.165) is 18.7 Å². The zero-order valence-corrected chi connectivity index (χ0v) is 18.4. The van der Waals surface area contributed by atoms with Gasteiger partial charge in [-0.2, -0.15) is 0 Å². The Morgan fingerprint density at radius 3 is 2.55 bits per heavy atom. The third kappa shape index (κ3) is 12.4. The first kappa shape index (κ1) is 26.2. The number of fused-ring (bicyclic) bond motifs is 2. The minimum atomic E-state index is -0.508. The summed E-state index contributed by atoms with van der Waals surface area (Å²) in [6.45, 7) is 7.83. The van der Waals surface area contributed by atoms with Gasteiger partial charge in [-0.05, 0) is 39.2 Å². The molecule has 0 radical (unpaired) electrons. The second-order valence-electron chi connectivity index (χ2n) is 7.89. The molecule has 3 rings (SSSR count). The minimum Gasteiger partial charge on any atom is -0.444 e. The number of rotatable bonds is 6. The van der Waals surface area contributed by atoms with E-state index in [1.54, 1.807) is 20.8 Å². The Labute approximate surface area is 183 Å². The van der Waals surface area contributed by atoms with Crippen molar-refractivity contribution >= 4 is 18.5 Å². The van der Waals surface area contributed by atoms with Crippen molar-refractivity contribution in [1.29, 1.82) is 0 Å². The van der Waals surface area contributed by atoms with Crippen molar-refractivity contribution in [3.63, 3.8) is 0 Å². The Bertz CT molecular complexity index is 666. The van der Waals surface area contributed by atoms with Crippen LogP contribution in [0.15, 0.2) is 30.3 Å². The van der Waals surface area contributed by atoms with Gasteiger partial charge in [-0.1, -0.05) is 30.3 Å². The molecular weight excluding hydrogens is 404 g/mol. The number of piperidine rings is 1. The van der Waals surface area contributed by atoms with Crippen LogP contribution in [0.3, 0.4) is 0 Å². The van der Waals surface area contributed by atoms with Crippen LogP contribution in [0.2, 0.25) is 0 Å². The van der Waals surface area contributed by atoms with Gasteiger partial charge in [0.2, 0.25) is 6.41 Å². The maximum Gasteiger partial charge on any atom is 0.407 e. The molecule has 0 spiro atoms. The molecule has 2 aliphatic heterocycles. The normalized spacial score (nSPS) is 16.6. The fraction of sp³-hybridized carbons (Fsp3) is 0.571. The first-order valence-corrected chi connectivity index (χ1v) is 10.2. The molecule has 1 atom stereocenters. The highest BCUT2D eigenvalue weighted by Crippen LogP contribution is 2.15. The zero-order valence-electron chi connectivity index (χ0n) is 18.4. The van der Waals surface area contributed by atoms with Crippen LogP contribution in [-0.4, -0.2) is 66.4 Å². The number of hydrogen-bond donors (Lipinski definition) is 4. The van der Waals surface area contributed by atoms with E-state index in [1.165, 1.54) is 12.8 Å².